The summed E-state index contributed by atoms with van der Waals surface area (Å²) in [4.78, 5) is 19.0. The van der Waals surface area contributed by atoms with Crippen LogP contribution < -0.4 is 5.32 Å². The third-order valence-corrected chi connectivity index (χ3v) is 3.43. The van der Waals surface area contributed by atoms with Gasteiger partial charge in [0.1, 0.15) is 17.3 Å². The SMILES string of the molecule is O=C1Nc2ncnc(Cl)c2C1(Br)Br. The molecule has 0 bridgehead atoms. The van der Waals surface area contributed by atoms with Crippen molar-refractivity contribution in [3.05, 3.63) is 17.0 Å². The summed E-state index contributed by atoms with van der Waals surface area (Å²) in [5, 5.41) is 2.81. The number of carbonyl (C=O) groups excluding carboxylic acids is 1. The van der Waals surface area contributed by atoms with Crippen LogP contribution in [0.2, 0.25) is 5.15 Å². The molecule has 13 heavy (non-hydrogen) atoms. The maximum absolute atomic E-state index is 11.4. The molecule has 0 fully saturated rings. The van der Waals surface area contributed by atoms with Crippen LogP contribution in [0.15, 0.2) is 6.33 Å². The van der Waals surface area contributed by atoms with Crippen LogP contribution in [0.4, 0.5) is 5.82 Å². The van der Waals surface area contributed by atoms with E-state index in [4.69, 9.17) is 11.6 Å². The Bertz CT molecular complexity index is 395. The number of anilines is 1. The third-order valence-electron chi connectivity index (χ3n) is 1.63. The summed E-state index contributed by atoms with van der Waals surface area (Å²) in [6, 6.07) is 0. The van der Waals surface area contributed by atoms with Crippen molar-refractivity contribution < 1.29 is 4.79 Å². The van der Waals surface area contributed by atoms with Crippen LogP contribution in [0.25, 0.3) is 0 Å². The van der Waals surface area contributed by atoms with E-state index in [-0.39, 0.29) is 11.1 Å². The average molecular weight is 327 g/mol. The molecule has 4 nitrogen and oxygen atoms in total. The fourth-order valence-electron chi connectivity index (χ4n) is 1.04. The fraction of sp³-hybridized carbons (Fsp3) is 0.167. The summed E-state index contributed by atoms with van der Waals surface area (Å²) in [6.07, 6.45) is 1.29. The lowest BCUT2D eigenvalue weighted by Crippen LogP contribution is -2.20. The first-order valence-electron chi connectivity index (χ1n) is 3.23. The molecule has 1 aliphatic heterocycles. The summed E-state index contributed by atoms with van der Waals surface area (Å²) in [7, 11) is 0. The molecule has 0 atom stereocenters. The van der Waals surface area contributed by atoms with E-state index in [1.54, 1.807) is 0 Å². The maximum Gasteiger partial charge on any atom is 0.258 e. The highest BCUT2D eigenvalue weighted by Crippen LogP contribution is 2.48. The molecular weight excluding hydrogens is 325 g/mol. The predicted molar refractivity (Wildman–Crippen MR) is 55.2 cm³/mol. The standard InChI is InChI=1S/C6H2Br2ClN3O/c7-6(8)2-3(9)10-1-11-4(2)12-5(6)13/h1H,(H,10,11,12,13). The predicted octanol–water partition coefficient (Wildman–Crippen LogP) is 2.02. The topological polar surface area (TPSA) is 54.9 Å². The zero-order valence-electron chi connectivity index (χ0n) is 6.01. The van der Waals surface area contributed by atoms with E-state index in [1.165, 1.54) is 6.33 Å². The van der Waals surface area contributed by atoms with Crippen LogP contribution in [0.1, 0.15) is 5.56 Å². The van der Waals surface area contributed by atoms with Gasteiger partial charge in [-0.2, -0.15) is 0 Å². The highest BCUT2D eigenvalue weighted by atomic mass is 79.9. The summed E-state index contributed by atoms with van der Waals surface area (Å²) < 4.78 is -1.01. The van der Waals surface area contributed by atoms with Crippen molar-refractivity contribution in [1.29, 1.82) is 0 Å². The minimum atomic E-state index is -1.01. The molecular formula is C6H2Br2ClN3O. The fourth-order valence-corrected chi connectivity index (χ4v) is 2.49. The van der Waals surface area contributed by atoms with Gasteiger partial charge in [-0.05, 0) is 0 Å². The van der Waals surface area contributed by atoms with Gasteiger partial charge in [0.05, 0.1) is 5.56 Å². The molecule has 1 aromatic heterocycles. The van der Waals surface area contributed by atoms with Crippen molar-refractivity contribution in [3.8, 4) is 0 Å². The number of fused-ring (bicyclic) bond motifs is 1. The Morgan fingerprint density at radius 2 is 2.15 bits per heavy atom. The Kier molecular flexibility index (Phi) is 2.08. The summed E-state index contributed by atoms with van der Waals surface area (Å²) in [6.45, 7) is 0. The van der Waals surface area contributed by atoms with E-state index in [0.29, 0.717) is 11.4 Å². The molecule has 2 rings (SSSR count). The first kappa shape index (κ1) is 9.36. The Morgan fingerprint density at radius 3 is 2.77 bits per heavy atom. The van der Waals surface area contributed by atoms with Gasteiger partial charge in [0, 0.05) is 0 Å². The molecule has 1 N–H and O–H groups in total. The minimum Gasteiger partial charge on any atom is -0.308 e. The Hall–Kier alpha value is -0.200. The number of nitrogens with zero attached hydrogens (tertiary/aromatic N) is 2. The number of hydrogen-bond donors (Lipinski definition) is 1. The molecule has 1 amide bonds. The molecule has 0 unspecified atom stereocenters. The van der Waals surface area contributed by atoms with Gasteiger partial charge in [-0.1, -0.05) is 43.5 Å². The van der Waals surface area contributed by atoms with Crippen molar-refractivity contribution in [2.45, 2.75) is 3.23 Å². The number of rotatable bonds is 0. The summed E-state index contributed by atoms with van der Waals surface area (Å²) >= 11 is 12.2. The van der Waals surface area contributed by atoms with Crippen molar-refractivity contribution in [2.75, 3.05) is 5.32 Å². The van der Waals surface area contributed by atoms with Gasteiger partial charge in [0.15, 0.2) is 3.23 Å². The number of nitrogens with one attached hydrogen (secondary N) is 1. The van der Waals surface area contributed by atoms with Crippen LogP contribution in [-0.4, -0.2) is 15.9 Å². The van der Waals surface area contributed by atoms with Crippen LogP contribution in [0.3, 0.4) is 0 Å². The maximum atomic E-state index is 11.4. The Morgan fingerprint density at radius 1 is 1.46 bits per heavy atom. The smallest absolute Gasteiger partial charge is 0.258 e. The highest BCUT2D eigenvalue weighted by Gasteiger charge is 2.45. The normalized spacial score (nSPS) is 18.2. The Labute approximate surface area is 95.3 Å². The molecule has 2 heterocycles. The van der Waals surface area contributed by atoms with E-state index >= 15 is 0 Å². The highest BCUT2D eigenvalue weighted by molar-refractivity contribution is 9.25. The molecule has 0 saturated heterocycles. The van der Waals surface area contributed by atoms with Gasteiger partial charge >= 0.3 is 0 Å². The molecule has 1 aromatic rings. The largest absolute Gasteiger partial charge is 0.308 e. The van der Waals surface area contributed by atoms with Gasteiger partial charge in [-0.15, -0.1) is 0 Å². The number of alkyl halides is 2. The summed E-state index contributed by atoms with van der Waals surface area (Å²) in [5.74, 6) is 0.170. The lowest BCUT2D eigenvalue weighted by molar-refractivity contribution is -0.115. The number of carbonyl (C=O) groups is 1. The zero-order chi connectivity index (χ0) is 9.64. The van der Waals surface area contributed by atoms with Crippen LogP contribution in [0.5, 0.6) is 0 Å². The van der Waals surface area contributed by atoms with Crippen molar-refractivity contribution >= 4 is 55.2 Å². The van der Waals surface area contributed by atoms with Crippen molar-refractivity contribution in [3.63, 3.8) is 0 Å². The van der Waals surface area contributed by atoms with Crippen LogP contribution in [-0.2, 0) is 8.03 Å². The first-order valence-corrected chi connectivity index (χ1v) is 5.20. The zero-order valence-corrected chi connectivity index (χ0v) is 9.94. The second kappa shape index (κ2) is 2.90. The van der Waals surface area contributed by atoms with Gasteiger partial charge < -0.3 is 5.32 Å². The Balaban J connectivity index is 2.70. The van der Waals surface area contributed by atoms with Crippen LogP contribution in [0, 0.1) is 0 Å². The molecule has 1 aliphatic rings. The molecule has 0 spiro atoms. The third kappa shape index (κ3) is 1.28. The molecule has 68 valence electrons. The first-order chi connectivity index (χ1) is 6.03. The van der Waals surface area contributed by atoms with Gasteiger partial charge in [-0.3, -0.25) is 4.79 Å². The molecule has 0 aliphatic carbocycles. The second-order valence-electron chi connectivity index (χ2n) is 2.42. The summed E-state index contributed by atoms with van der Waals surface area (Å²) in [5.41, 5.74) is 0.515. The number of amides is 1. The van der Waals surface area contributed by atoms with Gasteiger partial charge in [0.25, 0.3) is 5.91 Å². The van der Waals surface area contributed by atoms with Gasteiger partial charge in [-0.25, -0.2) is 9.97 Å². The molecule has 7 heteroatoms. The van der Waals surface area contributed by atoms with Crippen LogP contribution >= 0.6 is 43.5 Å². The molecule has 0 radical (unpaired) electrons. The van der Waals surface area contributed by atoms with E-state index in [0.717, 1.165) is 0 Å². The van der Waals surface area contributed by atoms with E-state index in [2.05, 4.69) is 47.1 Å². The molecule has 0 saturated carbocycles. The minimum absolute atomic E-state index is 0.247. The number of hydrogen-bond acceptors (Lipinski definition) is 3. The average Bonchev–Trinajstić information content (AvgIpc) is 2.24. The lowest BCUT2D eigenvalue weighted by Gasteiger charge is -2.09. The van der Waals surface area contributed by atoms with Crippen molar-refractivity contribution in [2.24, 2.45) is 0 Å². The monoisotopic (exact) mass is 325 g/mol. The van der Waals surface area contributed by atoms with E-state index in [1.807, 2.05) is 0 Å². The second-order valence-corrected chi connectivity index (χ2v) is 6.22. The van der Waals surface area contributed by atoms with Gasteiger partial charge in [0.2, 0.25) is 0 Å². The quantitative estimate of drug-likeness (QED) is 0.586. The number of halogens is 3. The van der Waals surface area contributed by atoms with Crippen molar-refractivity contribution in [1.82, 2.24) is 9.97 Å². The molecule has 0 aromatic carbocycles. The lowest BCUT2D eigenvalue weighted by atomic mass is 10.3. The van der Waals surface area contributed by atoms with E-state index < -0.39 is 3.23 Å². The number of aromatic nitrogens is 2. The van der Waals surface area contributed by atoms with E-state index in [9.17, 15) is 4.79 Å².